The van der Waals surface area contributed by atoms with Gasteiger partial charge in [0, 0.05) is 26.2 Å². The number of rotatable bonds is 20. The number of carbonyl (C=O) groups is 3. The number of ether oxygens (including phenoxy) is 3. The maximum Gasteiger partial charge on any atom is 0.239 e. The summed E-state index contributed by atoms with van der Waals surface area (Å²) in [6.45, 7) is 0.581. The minimum absolute atomic E-state index is 0.101. The largest absolute Gasteiger partial charge is 0.497 e. The number of aliphatic hydroxyl groups excluding tert-OH is 1. The third-order valence-corrected chi connectivity index (χ3v) is 7.34. The molecule has 0 saturated carbocycles. The Kier molecular flexibility index (Phi) is 14.9. The molecule has 242 valence electrons. The summed E-state index contributed by atoms with van der Waals surface area (Å²) in [5.41, 5.74) is 1.97. The fraction of sp³-hybridized carbons (Fsp3) is 0.400. The van der Waals surface area contributed by atoms with E-state index in [1.807, 2.05) is 78.9 Å². The number of nitrogens with one attached hydrogen (secondary N) is 3. The van der Waals surface area contributed by atoms with Gasteiger partial charge in [-0.05, 0) is 66.6 Å². The maximum absolute atomic E-state index is 12.3. The van der Waals surface area contributed by atoms with Gasteiger partial charge >= 0.3 is 0 Å². The Hall–Kier alpha value is -4.41. The summed E-state index contributed by atoms with van der Waals surface area (Å²) in [7, 11) is 3.27. The number of aliphatic hydroxyl groups is 1. The lowest BCUT2D eigenvalue weighted by Crippen LogP contribution is -2.42. The summed E-state index contributed by atoms with van der Waals surface area (Å²) in [5.74, 6) is 0.520. The number of unbranched alkanes of at least 4 members (excludes halogenated alkanes) is 3. The summed E-state index contributed by atoms with van der Waals surface area (Å²) >= 11 is 0. The highest BCUT2D eigenvalue weighted by atomic mass is 16.5. The van der Waals surface area contributed by atoms with Crippen LogP contribution in [0.4, 0.5) is 0 Å². The van der Waals surface area contributed by atoms with Crippen LogP contribution in [0.15, 0.2) is 78.9 Å². The van der Waals surface area contributed by atoms with Gasteiger partial charge in [0.2, 0.25) is 17.7 Å². The first-order chi connectivity index (χ1) is 21.9. The zero-order chi connectivity index (χ0) is 32.3. The monoisotopic (exact) mass is 619 g/mol. The highest BCUT2D eigenvalue weighted by Gasteiger charge is 2.37. The fourth-order valence-electron chi connectivity index (χ4n) is 4.90. The summed E-state index contributed by atoms with van der Waals surface area (Å²) in [6, 6.07) is 25.8. The molecule has 0 aliphatic heterocycles. The van der Waals surface area contributed by atoms with Gasteiger partial charge in [-0.3, -0.25) is 14.4 Å². The smallest absolute Gasteiger partial charge is 0.239 e. The molecule has 0 heterocycles. The van der Waals surface area contributed by atoms with Gasteiger partial charge in [0.1, 0.15) is 17.1 Å². The van der Waals surface area contributed by atoms with E-state index in [1.54, 1.807) is 14.2 Å². The van der Waals surface area contributed by atoms with Crippen molar-refractivity contribution in [2.24, 2.45) is 0 Å². The van der Waals surface area contributed by atoms with E-state index in [9.17, 15) is 14.4 Å². The van der Waals surface area contributed by atoms with Crippen LogP contribution in [0.1, 0.15) is 55.2 Å². The van der Waals surface area contributed by atoms with Crippen LogP contribution in [0, 0.1) is 0 Å². The summed E-state index contributed by atoms with van der Waals surface area (Å²) in [4.78, 5) is 36.0. The molecule has 0 spiro atoms. The Labute approximate surface area is 265 Å². The Morgan fingerprint density at radius 2 is 1.16 bits per heavy atom. The van der Waals surface area contributed by atoms with E-state index in [1.165, 1.54) is 0 Å². The number of hydrogen-bond donors (Lipinski definition) is 4. The highest BCUT2D eigenvalue weighted by molar-refractivity contribution is 5.88. The Morgan fingerprint density at radius 3 is 1.71 bits per heavy atom. The molecule has 0 bridgehead atoms. The van der Waals surface area contributed by atoms with Crippen LogP contribution in [0.3, 0.4) is 0 Å². The third-order valence-electron chi connectivity index (χ3n) is 7.34. The van der Waals surface area contributed by atoms with Gasteiger partial charge < -0.3 is 35.3 Å². The molecule has 3 aromatic carbocycles. The molecular weight excluding hydrogens is 574 g/mol. The van der Waals surface area contributed by atoms with Crippen molar-refractivity contribution in [3.05, 3.63) is 95.6 Å². The van der Waals surface area contributed by atoms with E-state index in [4.69, 9.17) is 19.3 Å². The molecule has 0 unspecified atom stereocenters. The van der Waals surface area contributed by atoms with Crippen molar-refractivity contribution >= 4 is 17.7 Å². The van der Waals surface area contributed by atoms with Gasteiger partial charge in [-0.25, -0.2) is 0 Å². The minimum Gasteiger partial charge on any atom is -0.497 e. The van der Waals surface area contributed by atoms with Gasteiger partial charge in [-0.15, -0.1) is 0 Å². The van der Waals surface area contributed by atoms with Crippen molar-refractivity contribution in [2.75, 3.05) is 47.1 Å². The lowest BCUT2D eigenvalue weighted by atomic mass is 9.80. The zero-order valence-electron chi connectivity index (χ0n) is 26.2. The second-order valence-corrected chi connectivity index (χ2v) is 10.5. The van der Waals surface area contributed by atoms with Crippen molar-refractivity contribution < 1.29 is 33.7 Å². The van der Waals surface area contributed by atoms with E-state index in [0.717, 1.165) is 34.6 Å². The molecule has 10 nitrogen and oxygen atoms in total. The van der Waals surface area contributed by atoms with Gasteiger partial charge in [0.25, 0.3) is 0 Å². The molecule has 10 heteroatoms. The molecule has 0 aliphatic rings. The Balaban J connectivity index is 1.54. The molecule has 0 saturated heterocycles. The molecule has 0 fully saturated rings. The molecule has 3 amide bonds. The summed E-state index contributed by atoms with van der Waals surface area (Å²) in [5, 5.41) is 16.6. The number of methoxy groups -OCH3 is 2. The lowest BCUT2D eigenvalue weighted by Gasteiger charge is -2.36. The summed E-state index contributed by atoms with van der Waals surface area (Å²) in [6.07, 6.45) is 3.70. The number of benzene rings is 3. The van der Waals surface area contributed by atoms with Crippen LogP contribution >= 0.6 is 0 Å². The second kappa shape index (κ2) is 19.1. The van der Waals surface area contributed by atoms with Gasteiger partial charge in [-0.1, -0.05) is 61.0 Å². The van der Waals surface area contributed by atoms with Crippen molar-refractivity contribution in [1.82, 2.24) is 16.0 Å². The molecule has 0 atom stereocenters. The number of hydrogen-bond acceptors (Lipinski definition) is 7. The molecule has 4 N–H and O–H groups in total. The first kappa shape index (κ1) is 35.1. The summed E-state index contributed by atoms with van der Waals surface area (Å²) < 4.78 is 17.6. The first-order valence-electron chi connectivity index (χ1n) is 15.3. The van der Waals surface area contributed by atoms with Crippen LogP contribution in [0.25, 0.3) is 0 Å². The lowest BCUT2D eigenvalue weighted by molar-refractivity contribution is -0.127. The molecular formula is C35H45N3O7. The second-order valence-electron chi connectivity index (χ2n) is 10.5. The Bertz CT molecular complexity index is 1270. The molecule has 0 aromatic heterocycles. The predicted octanol–water partition coefficient (Wildman–Crippen LogP) is 3.69. The normalized spacial score (nSPS) is 11.0. The van der Waals surface area contributed by atoms with Crippen LogP contribution in [-0.2, 0) is 24.7 Å². The van der Waals surface area contributed by atoms with Crippen molar-refractivity contribution in [3.8, 4) is 11.5 Å². The van der Waals surface area contributed by atoms with Crippen LogP contribution in [0.2, 0.25) is 0 Å². The quantitative estimate of drug-likeness (QED) is 0.112. The molecule has 0 aliphatic carbocycles. The highest BCUT2D eigenvalue weighted by Crippen LogP contribution is 2.41. The minimum atomic E-state index is -0.901. The number of carbonyl (C=O) groups excluding carboxylic acids is 3. The maximum atomic E-state index is 12.3. The van der Waals surface area contributed by atoms with E-state index in [-0.39, 0.29) is 31.5 Å². The standard InChI is InChI=1S/C35H45N3O7/c1-43-30-18-14-28(15-19-30)35(27-11-5-3-6-12-27,29-16-20-31(44-2)21-17-29)45-24-10-8-22-36-33(41)25-38-34(42)26-37-32(40)13-7-4-9-23-39/h3,5-6,11-12,14-21,39H,4,7-10,13,22-26H2,1-2H3,(H,36,41)(H,37,40)(H,38,42). The molecule has 45 heavy (non-hydrogen) atoms. The van der Waals surface area contributed by atoms with Crippen molar-refractivity contribution in [3.63, 3.8) is 0 Å². The van der Waals surface area contributed by atoms with Crippen LogP contribution < -0.4 is 25.4 Å². The first-order valence-corrected chi connectivity index (χ1v) is 15.3. The zero-order valence-corrected chi connectivity index (χ0v) is 26.2. The van der Waals surface area contributed by atoms with Crippen molar-refractivity contribution in [2.45, 2.75) is 44.1 Å². The molecule has 0 radical (unpaired) electrons. The SMILES string of the molecule is COc1ccc(C(OCCCCNC(=O)CNC(=O)CNC(=O)CCCCCO)(c2ccccc2)c2ccc(OC)cc2)cc1. The average Bonchev–Trinajstić information content (AvgIpc) is 3.08. The predicted molar refractivity (Wildman–Crippen MR) is 172 cm³/mol. The number of amides is 3. The van der Waals surface area contributed by atoms with Gasteiger partial charge in [0.15, 0.2) is 0 Å². The average molecular weight is 620 g/mol. The van der Waals surface area contributed by atoms with E-state index < -0.39 is 11.5 Å². The van der Waals surface area contributed by atoms with Gasteiger partial charge in [0.05, 0.1) is 27.3 Å². The third kappa shape index (κ3) is 10.9. The Morgan fingerprint density at radius 1 is 0.622 bits per heavy atom. The van der Waals surface area contributed by atoms with Gasteiger partial charge in [-0.2, -0.15) is 0 Å². The van der Waals surface area contributed by atoms with Crippen LogP contribution in [0.5, 0.6) is 11.5 Å². The fourth-order valence-corrected chi connectivity index (χ4v) is 4.90. The molecule has 3 aromatic rings. The van der Waals surface area contributed by atoms with Crippen molar-refractivity contribution in [1.29, 1.82) is 0 Å². The van der Waals surface area contributed by atoms with E-state index >= 15 is 0 Å². The topological polar surface area (TPSA) is 135 Å². The molecule has 3 rings (SSSR count). The van der Waals surface area contributed by atoms with Crippen LogP contribution in [-0.4, -0.2) is 69.9 Å². The van der Waals surface area contributed by atoms with E-state index in [0.29, 0.717) is 45.3 Å². The van der Waals surface area contributed by atoms with E-state index in [2.05, 4.69) is 16.0 Å².